The Hall–Kier alpha value is -1.06. The minimum Gasteiger partial charge on any atom is -0.488 e. The second-order valence-electron chi connectivity index (χ2n) is 6.03. The first-order chi connectivity index (χ1) is 9.00. The summed E-state index contributed by atoms with van der Waals surface area (Å²) in [6.07, 6.45) is 2.25. The van der Waals surface area contributed by atoms with Crippen LogP contribution in [0.3, 0.4) is 0 Å². The molecule has 0 bridgehead atoms. The topological polar surface area (TPSA) is 30.5 Å². The summed E-state index contributed by atoms with van der Waals surface area (Å²) in [6, 6.07) is 8.71. The monoisotopic (exact) mass is 263 g/mol. The van der Waals surface area contributed by atoms with Gasteiger partial charge in [0.1, 0.15) is 11.9 Å². The van der Waals surface area contributed by atoms with Crippen molar-refractivity contribution in [3.05, 3.63) is 29.8 Å². The molecule has 1 aromatic rings. The Labute approximate surface area is 116 Å². The molecule has 0 aromatic heterocycles. The molecule has 3 heteroatoms. The van der Waals surface area contributed by atoms with Gasteiger partial charge in [0.15, 0.2) is 0 Å². The van der Waals surface area contributed by atoms with E-state index in [9.17, 15) is 0 Å². The molecule has 1 aliphatic rings. The molecule has 2 rings (SSSR count). The van der Waals surface area contributed by atoms with E-state index in [4.69, 9.17) is 9.47 Å². The molecule has 106 valence electrons. The van der Waals surface area contributed by atoms with Crippen molar-refractivity contribution in [2.45, 2.75) is 51.4 Å². The lowest BCUT2D eigenvalue weighted by Gasteiger charge is -2.27. The van der Waals surface area contributed by atoms with E-state index in [2.05, 4.69) is 38.2 Å². The van der Waals surface area contributed by atoms with Gasteiger partial charge in [-0.1, -0.05) is 18.2 Å². The van der Waals surface area contributed by atoms with Gasteiger partial charge in [-0.3, -0.25) is 0 Å². The van der Waals surface area contributed by atoms with Crippen molar-refractivity contribution in [1.29, 1.82) is 0 Å². The summed E-state index contributed by atoms with van der Waals surface area (Å²) in [6.45, 7) is 7.32. The molecule has 1 aliphatic heterocycles. The first-order valence-corrected chi connectivity index (χ1v) is 7.03. The molecule has 0 saturated carbocycles. The zero-order valence-electron chi connectivity index (χ0n) is 12.4. The predicted molar refractivity (Wildman–Crippen MR) is 77.7 cm³/mol. The van der Waals surface area contributed by atoms with E-state index in [-0.39, 0.29) is 11.7 Å². The summed E-state index contributed by atoms with van der Waals surface area (Å²) in [5, 5.41) is 3.54. The van der Waals surface area contributed by atoms with Crippen LogP contribution in [0.2, 0.25) is 0 Å². The second-order valence-corrected chi connectivity index (χ2v) is 6.03. The molecular formula is C16H25NO2. The van der Waals surface area contributed by atoms with Gasteiger partial charge in [-0.15, -0.1) is 0 Å². The van der Waals surface area contributed by atoms with Crippen LogP contribution in [-0.2, 0) is 11.2 Å². The van der Waals surface area contributed by atoms with Crippen LogP contribution in [0.4, 0.5) is 0 Å². The van der Waals surface area contributed by atoms with E-state index in [1.807, 2.05) is 12.1 Å². The van der Waals surface area contributed by atoms with Gasteiger partial charge in [-0.05, 0) is 38.8 Å². The van der Waals surface area contributed by atoms with E-state index in [0.717, 1.165) is 25.1 Å². The zero-order valence-corrected chi connectivity index (χ0v) is 12.4. The van der Waals surface area contributed by atoms with Gasteiger partial charge in [0, 0.05) is 26.1 Å². The van der Waals surface area contributed by atoms with Gasteiger partial charge in [0.2, 0.25) is 0 Å². The third kappa shape index (κ3) is 3.95. The quantitative estimate of drug-likeness (QED) is 0.856. The van der Waals surface area contributed by atoms with Crippen LogP contribution in [0.25, 0.3) is 0 Å². The number of nitrogens with one attached hydrogen (secondary N) is 1. The fourth-order valence-electron chi connectivity index (χ4n) is 2.59. The second kappa shape index (κ2) is 5.93. The van der Waals surface area contributed by atoms with Crippen LogP contribution in [0, 0.1) is 0 Å². The largest absolute Gasteiger partial charge is 0.488 e. The number of fused-ring (bicyclic) bond motifs is 1. The SMILES string of the molecule is COC(C)(C)CC(C)NCC1Cc2ccccc2O1. The molecule has 3 nitrogen and oxygen atoms in total. The van der Waals surface area contributed by atoms with Crippen molar-refractivity contribution in [3.8, 4) is 5.75 Å². The maximum Gasteiger partial charge on any atom is 0.123 e. The van der Waals surface area contributed by atoms with Gasteiger partial charge < -0.3 is 14.8 Å². The van der Waals surface area contributed by atoms with Gasteiger partial charge in [0.25, 0.3) is 0 Å². The number of benzene rings is 1. The van der Waals surface area contributed by atoms with Crippen LogP contribution < -0.4 is 10.1 Å². The van der Waals surface area contributed by atoms with Crippen molar-refractivity contribution >= 4 is 0 Å². The van der Waals surface area contributed by atoms with Crippen LogP contribution in [0.1, 0.15) is 32.8 Å². The molecule has 0 spiro atoms. The normalized spacial score (nSPS) is 19.9. The van der Waals surface area contributed by atoms with Crippen LogP contribution in [-0.4, -0.2) is 31.4 Å². The average molecular weight is 263 g/mol. The molecule has 0 fully saturated rings. The Kier molecular flexibility index (Phi) is 4.48. The molecule has 19 heavy (non-hydrogen) atoms. The highest BCUT2D eigenvalue weighted by molar-refractivity contribution is 5.37. The van der Waals surface area contributed by atoms with Gasteiger partial charge in [-0.25, -0.2) is 0 Å². The number of hydrogen-bond donors (Lipinski definition) is 1. The third-order valence-corrected chi connectivity index (χ3v) is 3.76. The fourth-order valence-corrected chi connectivity index (χ4v) is 2.59. The molecule has 1 aromatic carbocycles. The number of ether oxygens (including phenoxy) is 2. The average Bonchev–Trinajstić information content (AvgIpc) is 2.78. The Morgan fingerprint density at radius 2 is 2.16 bits per heavy atom. The third-order valence-electron chi connectivity index (χ3n) is 3.76. The Morgan fingerprint density at radius 1 is 1.42 bits per heavy atom. The minimum absolute atomic E-state index is 0.0775. The molecule has 0 saturated heterocycles. The van der Waals surface area contributed by atoms with E-state index in [1.54, 1.807) is 7.11 Å². The number of hydrogen-bond acceptors (Lipinski definition) is 3. The summed E-state index contributed by atoms with van der Waals surface area (Å²) >= 11 is 0. The smallest absolute Gasteiger partial charge is 0.123 e. The van der Waals surface area contributed by atoms with Crippen LogP contribution in [0.5, 0.6) is 5.75 Å². The molecule has 0 radical (unpaired) electrons. The molecule has 2 atom stereocenters. The number of para-hydroxylation sites is 1. The Bertz CT molecular complexity index is 392. The Balaban J connectivity index is 1.76. The van der Waals surface area contributed by atoms with E-state index in [1.165, 1.54) is 5.56 Å². The van der Waals surface area contributed by atoms with Gasteiger partial charge in [0.05, 0.1) is 5.60 Å². The first kappa shape index (κ1) is 14.4. The molecule has 1 N–H and O–H groups in total. The molecule has 1 heterocycles. The van der Waals surface area contributed by atoms with E-state index >= 15 is 0 Å². The lowest BCUT2D eigenvalue weighted by Crippen LogP contribution is -2.40. The van der Waals surface area contributed by atoms with Crippen molar-refractivity contribution in [1.82, 2.24) is 5.32 Å². The zero-order chi connectivity index (χ0) is 13.9. The fraction of sp³-hybridized carbons (Fsp3) is 0.625. The van der Waals surface area contributed by atoms with Gasteiger partial charge in [-0.2, -0.15) is 0 Å². The van der Waals surface area contributed by atoms with E-state index < -0.39 is 0 Å². The summed E-state index contributed by atoms with van der Waals surface area (Å²) < 4.78 is 11.4. The highest BCUT2D eigenvalue weighted by Crippen LogP contribution is 2.27. The Morgan fingerprint density at radius 3 is 2.84 bits per heavy atom. The first-order valence-electron chi connectivity index (χ1n) is 7.03. The molecule has 0 amide bonds. The van der Waals surface area contributed by atoms with Crippen molar-refractivity contribution in [2.24, 2.45) is 0 Å². The highest BCUT2D eigenvalue weighted by atomic mass is 16.5. The lowest BCUT2D eigenvalue weighted by atomic mass is 9.99. The summed E-state index contributed by atoms with van der Waals surface area (Å²) in [7, 11) is 1.77. The highest BCUT2D eigenvalue weighted by Gasteiger charge is 2.24. The van der Waals surface area contributed by atoms with Crippen molar-refractivity contribution in [3.63, 3.8) is 0 Å². The lowest BCUT2D eigenvalue weighted by molar-refractivity contribution is 0.00794. The van der Waals surface area contributed by atoms with Crippen molar-refractivity contribution < 1.29 is 9.47 Å². The summed E-state index contributed by atoms with van der Waals surface area (Å²) in [5.41, 5.74) is 1.24. The van der Waals surface area contributed by atoms with E-state index in [0.29, 0.717) is 6.04 Å². The maximum absolute atomic E-state index is 5.92. The molecule has 2 unspecified atom stereocenters. The molecular weight excluding hydrogens is 238 g/mol. The molecule has 0 aliphatic carbocycles. The summed E-state index contributed by atoms with van der Waals surface area (Å²) in [4.78, 5) is 0. The number of methoxy groups -OCH3 is 1. The van der Waals surface area contributed by atoms with Crippen molar-refractivity contribution in [2.75, 3.05) is 13.7 Å². The van der Waals surface area contributed by atoms with Gasteiger partial charge >= 0.3 is 0 Å². The predicted octanol–water partition coefficient (Wildman–Crippen LogP) is 2.78. The number of rotatable bonds is 6. The maximum atomic E-state index is 5.92. The minimum atomic E-state index is -0.0775. The summed E-state index contributed by atoms with van der Waals surface area (Å²) in [5.74, 6) is 1.04. The van der Waals surface area contributed by atoms with Crippen LogP contribution in [0.15, 0.2) is 24.3 Å². The standard InChI is InChI=1S/C16H25NO2/c1-12(10-16(2,3)18-4)17-11-14-9-13-7-5-6-8-15(13)19-14/h5-8,12,14,17H,9-11H2,1-4H3. The van der Waals surface area contributed by atoms with Crippen LogP contribution >= 0.6 is 0 Å².